The van der Waals surface area contributed by atoms with Crippen LogP contribution in [0.4, 0.5) is 0 Å². The van der Waals surface area contributed by atoms with Crippen molar-refractivity contribution in [3.8, 4) is 0 Å². The maximum atomic E-state index is 10.9. The zero-order valence-electron chi connectivity index (χ0n) is 9.97. The Morgan fingerprint density at radius 3 is 2.35 bits per heavy atom. The Bertz CT molecular complexity index is 359. The quantitative estimate of drug-likeness (QED) is 0.692. The standard InChI is InChI=1S/C13H19NO3/c1-9(15)2-3-10-4-6-11(7-5-10)12(8-14)13(16)17/h4-7,9,12,15H,2-3,8,14H2,1H3,(H,16,17). The molecule has 0 aliphatic heterocycles. The molecule has 0 radical (unpaired) electrons. The number of carboxylic acids is 1. The number of benzene rings is 1. The fraction of sp³-hybridized carbons (Fsp3) is 0.462. The molecule has 4 N–H and O–H groups in total. The van der Waals surface area contributed by atoms with Crippen molar-refractivity contribution in [2.24, 2.45) is 5.73 Å². The second-order valence-corrected chi connectivity index (χ2v) is 4.26. The van der Waals surface area contributed by atoms with Crippen LogP contribution in [-0.2, 0) is 11.2 Å². The van der Waals surface area contributed by atoms with Crippen molar-refractivity contribution < 1.29 is 15.0 Å². The highest BCUT2D eigenvalue weighted by Crippen LogP contribution is 2.16. The van der Waals surface area contributed by atoms with Gasteiger partial charge in [-0.25, -0.2) is 0 Å². The highest BCUT2D eigenvalue weighted by atomic mass is 16.4. The average Bonchev–Trinajstić information content (AvgIpc) is 2.28. The number of carboxylic acid groups (broad SMARTS) is 1. The molecular formula is C13H19NO3. The van der Waals surface area contributed by atoms with Crippen LogP contribution < -0.4 is 5.73 Å². The number of rotatable bonds is 6. The van der Waals surface area contributed by atoms with Gasteiger partial charge in [-0.2, -0.15) is 0 Å². The van der Waals surface area contributed by atoms with Crippen molar-refractivity contribution in [1.29, 1.82) is 0 Å². The lowest BCUT2D eigenvalue weighted by atomic mass is 9.97. The lowest BCUT2D eigenvalue weighted by Crippen LogP contribution is -2.21. The van der Waals surface area contributed by atoms with E-state index >= 15 is 0 Å². The van der Waals surface area contributed by atoms with Gasteiger partial charge in [-0.3, -0.25) is 4.79 Å². The van der Waals surface area contributed by atoms with Crippen LogP contribution >= 0.6 is 0 Å². The Morgan fingerprint density at radius 2 is 1.94 bits per heavy atom. The van der Waals surface area contributed by atoms with Gasteiger partial charge in [0.05, 0.1) is 12.0 Å². The van der Waals surface area contributed by atoms with E-state index in [1.54, 1.807) is 19.1 Å². The van der Waals surface area contributed by atoms with Crippen molar-refractivity contribution >= 4 is 5.97 Å². The van der Waals surface area contributed by atoms with Gasteiger partial charge in [-0.15, -0.1) is 0 Å². The first-order chi connectivity index (χ1) is 8.04. The molecule has 17 heavy (non-hydrogen) atoms. The third kappa shape index (κ3) is 4.17. The predicted octanol–water partition coefficient (Wildman–Crippen LogP) is 1.13. The van der Waals surface area contributed by atoms with Crippen LogP contribution in [0.15, 0.2) is 24.3 Å². The molecule has 0 heterocycles. The van der Waals surface area contributed by atoms with E-state index in [0.717, 1.165) is 17.5 Å². The first kappa shape index (κ1) is 13.7. The van der Waals surface area contributed by atoms with Crippen LogP contribution in [-0.4, -0.2) is 28.8 Å². The van der Waals surface area contributed by atoms with Gasteiger partial charge in [-0.1, -0.05) is 24.3 Å². The smallest absolute Gasteiger partial charge is 0.312 e. The molecule has 94 valence electrons. The van der Waals surface area contributed by atoms with Crippen molar-refractivity contribution in [3.05, 3.63) is 35.4 Å². The number of aliphatic hydroxyl groups excluding tert-OH is 1. The molecule has 1 aromatic carbocycles. The molecule has 4 nitrogen and oxygen atoms in total. The fourth-order valence-corrected chi connectivity index (χ4v) is 1.67. The van der Waals surface area contributed by atoms with Gasteiger partial charge in [-0.05, 0) is 30.9 Å². The van der Waals surface area contributed by atoms with Crippen LogP contribution in [0.5, 0.6) is 0 Å². The maximum absolute atomic E-state index is 10.9. The van der Waals surface area contributed by atoms with Gasteiger partial charge in [0.25, 0.3) is 0 Å². The first-order valence-corrected chi connectivity index (χ1v) is 5.74. The largest absolute Gasteiger partial charge is 0.481 e. The molecule has 2 unspecified atom stereocenters. The Morgan fingerprint density at radius 1 is 1.35 bits per heavy atom. The normalized spacial score (nSPS) is 14.3. The van der Waals surface area contributed by atoms with E-state index in [2.05, 4.69) is 0 Å². The topological polar surface area (TPSA) is 83.5 Å². The summed E-state index contributed by atoms with van der Waals surface area (Å²) in [5, 5.41) is 18.1. The highest BCUT2D eigenvalue weighted by molar-refractivity contribution is 5.76. The number of aliphatic carboxylic acids is 1. The number of nitrogens with two attached hydrogens (primary N) is 1. The number of hydrogen-bond acceptors (Lipinski definition) is 3. The second kappa shape index (κ2) is 6.37. The van der Waals surface area contributed by atoms with E-state index in [1.165, 1.54) is 0 Å². The third-order valence-corrected chi connectivity index (χ3v) is 2.77. The molecular weight excluding hydrogens is 218 g/mol. The van der Waals surface area contributed by atoms with Crippen LogP contribution in [0.2, 0.25) is 0 Å². The molecule has 0 spiro atoms. The van der Waals surface area contributed by atoms with E-state index in [9.17, 15) is 9.90 Å². The Hall–Kier alpha value is -1.39. The third-order valence-electron chi connectivity index (χ3n) is 2.77. The van der Waals surface area contributed by atoms with Gasteiger partial charge in [0.15, 0.2) is 0 Å². The minimum atomic E-state index is -0.899. The lowest BCUT2D eigenvalue weighted by molar-refractivity contribution is -0.138. The molecule has 2 atom stereocenters. The van der Waals surface area contributed by atoms with E-state index < -0.39 is 11.9 Å². The first-order valence-electron chi connectivity index (χ1n) is 5.74. The van der Waals surface area contributed by atoms with Crippen LogP contribution in [0.25, 0.3) is 0 Å². The van der Waals surface area contributed by atoms with E-state index in [1.807, 2.05) is 12.1 Å². The number of hydrogen-bond donors (Lipinski definition) is 3. The Kier molecular flexibility index (Phi) is 5.12. The summed E-state index contributed by atoms with van der Waals surface area (Å²) in [6, 6.07) is 7.37. The molecule has 0 aromatic heterocycles. The summed E-state index contributed by atoms with van der Waals surface area (Å²) >= 11 is 0. The van der Waals surface area contributed by atoms with Gasteiger partial charge in [0.1, 0.15) is 0 Å². The van der Waals surface area contributed by atoms with E-state index in [-0.39, 0.29) is 12.6 Å². The monoisotopic (exact) mass is 237 g/mol. The number of aliphatic hydroxyl groups is 1. The molecule has 1 aromatic rings. The van der Waals surface area contributed by atoms with Gasteiger partial charge in [0.2, 0.25) is 0 Å². The minimum Gasteiger partial charge on any atom is -0.481 e. The molecule has 1 rings (SSSR count). The van der Waals surface area contributed by atoms with E-state index in [0.29, 0.717) is 6.42 Å². The molecule has 0 saturated carbocycles. The Labute approximate surface area is 101 Å². The van der Waals surface area contributed by atoms with Crippen molar-refractivity contribution in [2.45, 2.75) is 31.8 Å². The minimum absolute atomic E-state index is 0.0996. The summed E-state index contributed by atoms with van der Waals surface area (Å²) in [5.41, 5.74) is 7.24. The summed E-state index contributed by atoms with van der Waals surface area (Å²) in [5.74, 6) is -1.54. The van der Waals surface area contributed by atoms with Crippen LogP contribution in [0.1, 0.15) is 30.4 Å². The summed E-state index contributed by atoms with van der Waals surface area (Å²) in [7, 11) is 0. The Balaban J connectivity index is 2.70. The van der Waals surface area contributed by atoms with Crippen LogP contribution in [0, 0.1) is 0 Å². The predicted molar refractivity (Wildman–Crippen MR) is 65.9 cm³/mol. The molecule has 0 fully saturated rings. The van der Waals surface area contributed by atoms with Crippen LogP contribution in [0.3, 0.4) is 0 Å². The summed E-state index contributed by atoms with van der Waals surface area (Å²) in [4.78, 5) is 10.9. The zero-order chi connectivity index (χ0) is 12.8. The number of aryl methyl sites for hydroxylation is 1. The molecule has 0 aliphatic carbocycles. The van der Waals surface area contributed by atoms with Gasteiger partial charge < -0.3 is 15.9 Å². The van der Waals surface area contributed by atoms with Gasteiger partial charge in [0, 0.05) is 6.54 Å². The maximum Gasteiger partial charge on any atom is 0.312 e. The van der Waals surface area contributed by atoms with Crippen molar-refractivity contribution in [3.63, 3.8) is 0 Å². The number of carbonyl (C=O) groups is 1. The summed E-state index contributed by atoms with van der Waals surface area (Å²) in [6.45, 7) is 1.85. The molecule has 0 bridgehead atoms. The SMILES string of the molecule is CC(O)CCc1ccc(C(CN)C(=O)O)cc1. The second-order valence-electron chi connectivity index (χ2n) is 4.26. The molecule has 0 amide bonds. The lowest BCUT2D eigenvalue weighted by Gasteiger charge is -2.11. The molecule has 0 saturated heterocycles. The average molecular weight is 237 g/mol. The van der Waals surface area contributed by atoms with Crippen molar-refractivity contribution in [1.82, 2.24) is 0 Å². The molecule has 0 aliphatic rings. The summed E-state index contributed by atoms with van der Waals surface area (Å²) < 4.78 is 0. The van der Waals surface area contributed by atoms with Crippen molar-refractivity contribution in [2.75, 3.05) is 6.54 Å². The van der Waals surface area contributed by atoms with Gasteiger partial charge >= 0.3 is 5.97 Å². The highest BCUT2D eigenvalue weighted by Gasteiger charge is 2.17. The fourth-order valence-electron chi connectivity index (χ4n) is 1.67. The van der Waals surface area contributed by atoms with E-state index in [4.69, 9.17) is 10.8 Å². The zero-order valence-corrected chi connectivity index (χ0v) is 9.97. The molecule has 4 heteroatoms. The summed E-state index contributed by atoms with van der Waals surface area (Å²) in [6.07, 6.45) is 1.18.